The van der Waals surface area contributed by atoms with Crippen LogP contribution < -0.4 is 20.2 Å². The van der Waals surface area contributed by atoms with E-state index in [1.165, 1.54) is 25.5 Å². The molecule has 0 saturated heterocycles. The van der Waals surface area contributed by atoms with E-state index in [0.717, 1.165) is 0 Å². The van der Waals surface area contributed by atoms with Gasteiger partial charge in [0.1, 0.15) is 11.5 Å². The smallest absolute Gasteiger partial charge is 0.343 e. The van der Waals surface area contributed by atoms with E-state index in [1.54, 1.807) is 54.6 Å². The summed E-state index contributed by atoms with van der Waals surface area (Å²) in [6.45, 7) is 0. The van der Waals surface area contributed by atoms with Gasteiger partial charge in [-0.15, -0.1) is 0 Å². The number of methoxy groups -OCH3 is 1. The largest absolute Gasteiger partial charge is 0.497 e. The van der Waals surface area contributed by atoms with E-state index < -0.39 is 17.8 Å². The monoisotopic (exact) mass is 485 g/mol. The van der Waals surface area contributed by atoms with Crippen LogP contribution >= 0.6 is 23.2 Å². The Morgan fingerprint density at radius 2 is 1.55 bits per heavy atom. The molecule has 3 aromatic rings. The number of carbonyl (C=O) groups excluding carboxylic acids is 3. The molecular formula is C23H17Cl2N3O5. The molecule has 0 saturated carbocycles. The molecule has 8 nitrogen and oxygen atoms in total. The van der Waals surface area contributed by atoms with E-state index in [4.69, 9.17) is 32.7 Å². The lowest BCUT2D eigenvalue weighted by atomic mass is 10.2. The minimum atomic E-state index is -0.993. The third kappa shape index (κ3) is 6.80. The first-order valence-electron chi connectivity index (χ1n) is 9.41. The molecule has 0 fully saturated rings. The molecule has 0 aliphatic heterocycles. The maximum absolute atomic E-state index is 12.2. The number of benzene rings is 3. The minimum absolute atomic E-state index is 0.202. The summed E-state index contributed by atoms with van der Waals surface area (Å²) in [4.78, 5) is 36.1. The predicted molar refractivity (Wildman–Crippen MR) is 125 cm³/mol. The first-order chi connectivity index (χ1) is 15.9. The van der Waals surface area contributed by atoms with E-state index in [-0.39, 0.29) is 10.7 Å². The van der Waals surface area contributed by atoms with Crippen molar-refractivity contribution in [2.45, 2.75) is 0 Å². The minimum Gasteiger partial charge on any atom is -0.497 e. The Morgan fingerprint density at radius 3 is 2.21 bits per heavy atom. The van der Waals surface area contributed by atoms with Crippen molar-refractivity contribution in [1.82, 2.24) is 5.43 Å². The Morgan fingerprint density at radius 1 is 0.879 bits per heavy atom. The van der Waals surface area contributed by atoms with Crippen LogP contribution in [0.4, 0.5) is 5.69 Å². The summed E-state index contributed by atoms with van der Waals surface area (Å²) >= 11 is 11.8. The summed E-state index contributed by atoms with van der Waals surface area (Å²) < 4.78 is 10.4. The second-order valence-electron chi connectivity index (χ2n) is 6.46. The number of ether oxygens (including phenoxy) is 2. The Bertz CT molecular complexity index is 1200. The van der Waals surface area contributed by atoms with Crippen molar-refractivity contribution >= 4 is 52.9 Å². The van der Waals surface area contributed by atoms with Crippen molar-refractivity contribution in [3.8, 4) is 11.5 Å². The maximum atomic E-state index is 12.2. The molecule has 0 atom stereocenters. The molecule has 33 heavy (non-hydrogen) atoms. The summed E-state index contributed by atoms with van der Waals surface area (Å²) in [6, 6.07) is 17.4. The Hall–Kier alpha value is -3.88. The Kier molecular flexibility index (Phi) is 8.01. The number of halogens is 2. The van der Waals surface area contributed by atoms with Crippen LogP contribution in [0.5, 0.6) is 11.5 Å². The van der Waals surface area contributed by atoms with Crippen LogP contribution in [0, 0.1) is 0 Å². The molecule has 168 valence electrons. The van der Waals surface area contributed by atoms with Gasteiger partial charge in [0.15, 0.2) is 0 Å². The molecule has 2 N–H and O–H groups in total. The van der Waals surface area contributed by atoms with Crippen LogP contribution in [0.2, 0.25) is 10.0 Å². The number of nitrogens with zero attached hydrogens (tertiary/aromatic N) is 1. The van der Waals surface area contributed by atoms with Crippen LogP contribution in [0.1, 0.15) is 15.9 Å². The van der Waals surface area contributed by atoms with Gasteiger partial charge in [0, 0.05) is 5.02 Å². The number of esters is 1. The van der Waals surface area contributed by atoms with Crippen LogP contribution in [-0.2, 0) is 9.59 Å². The number of anilines is 1. The molecule has 0 unspecified atom stereocenters. The molecule has 10 heteroatoms. The average Bonchev–Trinajstić information content (AvgIpc) is 2.82. The molecule has 0 aliphatic carbocycles. The molecule has 0 radical (unpaired) electrons. The highest BCUT2D eigenvalue weighted by Crippen LogP contribution is 2.25. The van der Waals surface area contributed by atoms with Gasteiger partial charge in [-0.05, 0) is 72.3 Å². The van der Waals surface area contributed by atoms with E-state index in [9.17, 15) is 14.4 Å². The maximum Gasteiger partial charge on any atom is 0.343 e. The van der Waals surface area contributed by atoms with Gasteiger partial charge in [0.2, 0.25) is 0 Å². The summed E-state index contributed by atoms with van der Waals surface area (Å²) in [7, 11) is 1.54. The van der Waals surface area contributed by atoms with Crippen LogP contribution in [0.15, 0.2) is 71.8 Å². The topological polar surface area (TPSA) is 106 Å². The lowest BCUT2D eigenvalue weighted by Gasteiger charge is -2.06. The number of nitrogens with one attached hydrogen (secondary N) is 2. The zero-order chi connectivity index (χ0) is 23.8. The zero-order valence-electron chi connectivity index (χ0n) is 17.2. The fourth-order valence-electron chi connectivity index (χ4n) is 2.50. The van der Waals surface area contributed by atoms with Crippen molar-refractivity contribution in [3.63, 3.8) is 0 Å². The molecule has 0 bridgehead atoms. The summed E-state index contributed by atoms with van der Waals surface area (Å²) in [5.41, 5.74) is 3.28. The van der Waals surface area contributed by atoms with Crippen LogP contribution in [0.25, 0.3) is 0 Å². The molecule has 0 spiro atoms. The fraction of sp³-hybridized carbons (Fsp3) is 0.0435. The molecule has 0 aliphatic rings. The third-order valence-corrected chi connectivity index (χ3v) is 4.74. The van der Waals surface area contributed by atoms with Gasteiger partial charge >= 0.3 is 17.8 Å². The average molecular weight is 486 g/mol. The zero-order valence-corrected chi connectivity index (χ0v) is 18.7. The van der Waals surface area contributed by atoms with Gasteiger partial charge in [-0.3, -0.25) is 9.59 Å². The first-order valence-corrected chi connectivity index (χ1v) is 10.2. The lowest BCUT2D eigenvalue weighted by Crippen LogP contribution is -2.32. The van der Waals surface area contributed by atoms with Crippen LogP contribution in [0.3, 0.4) is 0 Å². The molecule has 3 rings (SSSR count). The van der Waals surface area contributed by atoms with Gasteiger partial charge < -0.3 is 14.8 Å². The van der Waals surface area contributed by atoms with E-state index in [1.807, 2.05) is 0 Å². The van der Waals surface area contributed by atoms with Crippen molar-refractivity contribution in [1.29, 1.82) is 0 Å². The molecular weight excluding hydrogens is 469 g/mol. The van der Waals surface area contributed by atoms with Crippen molar-refractivity contribution in [2.24, 2.45) is 5.10 Å². The van der Waals surface area contributed by atoms with E-state index in [2.05, 4.69) is 15.8 Å². The summed E-state index contributed by atoms with van der Waals surface area (Å²) in [5.74, 6) is -1.51. The van der Waals surface area contributed by atoms with E-state index in [0.29, 0.717) is 27.6 Å². The van der Waals surface area contributed by atoms with Gasteiger partial charge in [0.05, 0.1) is 29.6 Å². The summed E-state index contributed by atoms with van der Waals surface area (Å²) in [6.07, 6.45) is 1.33. The van der Waals surface area contributed by atoms with E-state index >= 15 is 0 Å². The second-order valence-corrected chi connectivity index (χ2v) is 7.31. The third-order valence-electron chi connectivity index (χ3n) is 4.18. The van der Waals surface area contributed by atoms with Gasteiger partial charge in [-0.1, -0.05) is 23.2 Å². The van der Waals surface area contributed by atoms with Gasteiger partial charge in [-0.25, -0.2) is 10.2 Å². The quantitative estimate of drug-likeness (QED) is 0.178. The molecule has 3 aromatic carbocycles. The highest BCUT2D eigenvalue weighted by molar-refractivity contribution is 6.42. The molecule has 0 aromatic heterocycles. The van der Waals surface area contributed by atoms with Crippen LogP contribution in [-0.4, -0.2) is 31.1 Å². The lowest BCUT2D eigenvalue weighted by molar-refractivity contribution is -0.136. The standard InChI is InChI=1S/C23H17Cl2N3O5/c1-32-17-9-4-15(5-10-17)23(31)33-18-7-2-14(3-8-18)13-26-28-22(30)21(29)27-20-12-16(24)6-11-19(20)25/h2-13H,1H3,(H,27,29)(H,28,30)/b26-13+. The Balaban J connectivity index is 1.52. The number of amides is 2. The Labute approximate surface area is 199 Å². The number of rotatable bonds is 6. The first kappa shape index (κ1) is 23.8. The van der Waals surface area contributed by atoms with Gasteiger partial charge in [-0.2, -0.15) is 5.10 Å². The summed E-state index contributed by atoms with van der Waals surface area (Å²) in [5, 5.41) is 6.67. The molecule has 0 heterocycles. The van der Waals surface area contributed by atoms with Gasteiger partial charge in [0.25, 0.3) is 0 Å². The number of hydrogen-bond acceptors (Lipinski definition) is 6. The second kappa shape index (κ2) is 11.1. The molecule has 2 amide bonds. The van der Waals surface area contributed by atoms with Crippen molar-refractivity contribution in [3.05, 3.63) is 87.9 Å². The number of hydrazone groups is 1. The number of hydrogen-bond donors (Lipinski definition) is 2. The SMILES string of the molecule is COc1ccc(C(=O)Oc2ccc(/C=N/NC(=O)C(=O)Nc3cc(Cl)ccc3Cl)cc2)cc1. The normalized spacial score (nSPS) is 10.5. The highest BCUT2D eigenvalue weighted by atomic mass is 35.5. The van der Waals surface area contributed by atoms with Crippen molar-refractivity contribution < 1.29 is 23.9 Å². The number of carbonyl (C=O) groups is 3. The highest BCUT2D eigenvalue weighted by Gasteiger charge is 2.15. The fourth-order valence-corrected chi connectivity index (χ4v) is 2.84. The predicted octanol–water partition coefficient (Wildman–Crippen LogP) is 4.31. The van der Waals surface area contributed by atoms with Crippen molar-refractivity contribution in [2.75, 3.05) is 12.4 Å².